The molecule has 0 bridgehead atoms. The maximum absolute atomic E-state index is 13.9. The summed E-state index contributed by atoms with van der Waals surface area (Å²) in [5, 5.41) is 6.38. The summed E-state index contributed by atoms with van der Waals surface area (Å²) in [6.45, 7) is 1.04. The molecule has 0 aliphatic carbocycles. The molecule has 0 atom stereocenters. The minimum Gasteiger partial charge on any atom is -0.453 e. The van der Waals surface area contributed by atoms with E-state index in [4.69, 9.17) is 4.74 Å². The van der Waals surface area contributed by atoms with Gasteiger partial charge in [0.25, 0.3) is 0 Å². The van der Waals surface area contributed by atoms with E-state index >= 15 is 0 Å². The molecule has 3 aromatic rings. The second kappa shape index (κ2) is 8.66. The van der Waals surface area contributed by atoms with Crippen molar-refractivity contribution >= 4 is 39.4 Å². The lowest BCUT2D eigenvalue weighted by Gasteiger charge is -2.31. The number of benzene rings is 2. The van der Waals surface area contributed by atoms with Crippen LogP contribution in [0.15, 0.2) is 42.5 Å². The van der Waals surface area contributed by atoms with Gasteiger partial charge in [-0.25, -0.2) is 19.0 Å². The van der Waals surface area contributed by atoms with Crippen molar-refractivity contribution in [3.63, 3.8) is 0 Å². The number of amides is 3. The van der Waals surface area contributed by atoms with Crippen LogP contribution in [0.2, 0.25) is 0 Å². The Kier molecular flexibility index (Phi) is 5.80. The van der Waals surface area contributed by atoms with Gasteiger partial charge in [0, 0.05) is 24.7 Å². The highest BCUT2D eigenvalue weighted by Crippen LogP contribution is 2.35. The smallest absolute Gasteiger partial charge is 0.409 e. The van der Waals surface area contributed by atoms with Crippen LogP contribution < -0.4 is 10.6 Å². The summed E-state index contributed by atoms with van der Waals surface area (Å²) in [4.78, 5) is 30.3. The van der Waals surface area contributed by atoms with E-state index < -0.39 is 5.82 Å². The van der Waals surface area contributed by atoms with Crippen molar-refractivity contribution in [2.75, 3.05) is 25.5 Å². The highest BCUT2D eigenvalue weighted by molar-refractivity contribution is 7.21. The van der Waals surface area contributed by atoms with Gasteiger partial charge in [0.05, 0.1) is 23.0 Å². The van der Waals surface area contributed by atoms with Gasteiger partial charge in [-0.05, 0) is 43.2 Å². The van der Waals surface area contributed by atoms with Crippen molar-refractivity contribution in [2.24, 2.45) is 0 Å². The van der Waals surface area contributed by atoms with Crippen LogP contribution in [0.4, 0.5) is 19.7 Å². The van der Waals surface area contributed by atoms with Gasteiger partial charge < -0.3 is 20.3 Å². The first-order chi connectivity index (χ1) is 14.5. The molecule has 0 unspecified atom stereocenters. The number of methoxy groups -OCH3 is 1. The van der Waals surface area contributed by atoms with Crippen LogP contribution in [-0.2, 0) is 4.74 Å². The molecule has 0 spiro atoms. The lowest BCUT2D eigenvalue weighted by atomic mass is 10.1. The van der Waals surface area contributed by atoms with Crippen molar-refractivity contribution in [3.05, 3.63) is 48.3 Å². The fourth-order valence-corrected chi connectivity index (χ4v) is 4.47. The van der Waals surface area contributed by atoms with Crippen LogP contribution in [-0.4, -0.2) is 48.2 Å². The van der Waals surface area contributed by atoms with Crippen molar-refractivity contribution < 1.29 is 18.7 Å². The largest absolute Gasteiger partial charge is 0.453 e. The first-order valence-electron chi connectivity index (χ1n) is 9.59. The Balaban J connectivity index is 1.46. The number of nitrogens with one attached hydrogen (secondary N) is 2. The number of carbonyl (C=O) groups is 2. The van der Waals surface area contributed by atoms with Crippen LogP contribution in [0.25, 0.3) is 20.8 Å². The monoisotopic (exact) mass is 428 g/mol. The molecule has 156 valence electrons. The van der Waals surface area contributed by atoms with E-state index in [1.807, 2.05) is 24.3 Å². The molecule has 9 heteroatoms. The van der Waals surface area contributed by atoms with Crippen molar-refractivity contribution in [1.82, 2.24) is 15.2 Å². The van der Waals surface area contributed by atoms with E-state index in [0.29, 0.717) is 42.2 Å². The van der Waals surface area contributed by atoms with Crippen LogP contribution in [0.5, 0.6) is 0 Å². The Morgan fingerprint density at radius 1 is 1.20 bits per heavy atom. The molecule has 1 aromatic heterocycles. The topological polar surface area (TPSA) is 83.6 Å². The average molecular weight is 428 g/mol. The molecule has 2 heterocycles. The van der Waals surface area contributed by atoms with Crippen LogP contribution >= 0.6 is 11.3 Å². The van der Waals surface area contributed by atoms with E-state index in [1.54, 1.807) is 4.90 Å². The fourth-order valence-electron chi connectivity index (χ4n) is 3.47. The Bertz CT molecular complexity index is 1050. The summed E-state index contributed by atoms with van der Waals surface area (Å²) < 4.78 is 19.6. The molecule has 0 saturated carbocycles. The molecule has 1 aliphatic heterocycles. The third-order valence-corrected chi connectivity index (χ3v) is 6.09. The number of urea groups is 1. The maximum atomic E-state index is 13.9. The van der Waals surface area contributed by atoms with Gasteiger partial charge in [-0.1, -0.05) is 12.1 Å². The highest BCUT2D eigenvalue weighted by Gasteiger charge is 2.24. The molecule has 1 fully saturated rings. The van der Waals surface area contributed by atoms with Crippen LogP contribution in [0.1, 0.15) is 12.8 Å². The summed E-state index contributed by atoms with van der Waals surface area (Å²) >= 11 is 1.44. The van der Waals surface area contributed by atoms with E-state index in [2.05, 4.69) is 15.6 Å². The fraction of sp³-hybridized carbons (Fsp3) is 0.286. The molecule has 2 aromatic carbocycles. The SMILES string of the molecule is COC(=O)N1CCC(NC(=O)Nc2ccc(F)cc2-c2nc3ccccc3s2)CC1. The minimum atomic E-state index is -0.398. The predicted octanol–water partition coefficient (Wildman–Crippen LogP) is 4.45. The lowest BCUT2D eigenvalue weighted by Crippen LogP contribution is -2.47. The summed E-state index contributed by atoms with van der Waals surface area (Å²) in [5.41, 5.74) is 1.85. The summed E-state index contributed by atoms with van der Waals surface area (Å²) in [6, 6.07) is 11.5. The van der Waals surface area contributed by atoms with Crippen LogP contribution in [0, 0.1) is 5.82 Å². The predicted molar refractivity (Wildman–Crippen MR) is 114 cm³/mol. The summed E-state index contributed by atoms with van der Waals surface area (Å²) in [6.07, 6.45) is 0.914. The summed E-state index contributed by atoms with van der Waals surface area (Å²) in [7, 11) is 1.35. The maximum Gasteiger partial charge on any atom is 0.409 e. The number of fused-ring (bicyclic) bond motifs is 1. The number of rotatable bonds is 3. The number of hydrogen-bond acceptors (Lipinski definition) is 5. The second-order valence-corrected chi connectivity index (χ2v) is 8.04. The quantitative estimate of drug-likeness (QED) is 0.645. The molecule has 2 N–H and O–H groups in total. The molecule has 4 rings (SSSR count). The van der Waals surface area contributed by atoms with E-state index in [9.17, 15) is 14.0 Å². The van der Waals surface area contributed by atoms with Gasteiger partial charge in [0.1, 0.15) is 10.8 Å². The van der Waals surface area contributed by atoms with Gasteiger partial charge >= 0.3 is 12.1 Å². The van der Waals surface area contributed by atoms with Crippen molar-refractivity contribution in [1.29, 1.82) is 0 Å². The number of thiazole rings is 1. The average Bonchev–Trinajstić information content (AvgIpc) is 3.19. The molecule has 30 heavy (non-hydrogen) atoms. The van der Waals surface area contributed by atoms with Gasteiger partial charge in [-0.15, -0.1) is 11.3 Å². The third kappa shape index (κ3) is 4.35. The zero-order valence-electron chi connectivity index (χ0n) is 16.4. The zero-order valence-corrected chi connectivity index (χ0v) is 17.2. The number of nitrogens with zero attached hydrogens (tertiary/aromatic N) is 2. The molecule has 7 nitrogen and oxygen atoms in total. The van der Waals surface area contributed by atoms with E-state index in [-0.39, 0.29) is 18.2 Å². The Labute approximate surface area is 176 Å². The van der Waals surface area contributed by atoms with Crippen LogP contribution in [0.3, 0.4) is 0 Å². The Morgan fingerprint density at radius 3 is 2.70 bits per heavy atom. The first kappa shape index (κ1) is 20.1. The van der Waals surface area contributed by atoms with Crippen molar-refractivity contribution in [2.45, 2.75) is 18.9 Å². The van der Waals surface area contributed by atoms with Gasteiger partial charge in [0.15, 0.2) is 0 Å². The van der Waals surface area contributed by atoms with E-state index in [1.165, 1.54) is 36.6 Å². The van der Waals surface area contributed by atoms with Gasteiger partial charge in [0.2, 0.25) is 0 Å². The number of ether oxygens (including phenoxy) is 1. The molecule has 1 aliphatic rings. The third-order valence-electron chi connectivity index (χ3n) is 5.02. The number of piperidine rings is 1. The van der Waals surface area contributed by atoms with E-state index in [0.717, 1.165) is 10.2 Å². The minimum absolute atomic E-state index is 0.0581. The summed E-state index contributed by atoms with van der Waals surface area (Å²) in [5.74, 6) is -0.398. The number of anilines is 1. The molecule has 0 radical (unpaired) electrons. The number of hydrogen-bond donors (Lipinski definition) is 2. The number of halogens is 1. The van der Waals surface area contributed by atoms with Crippen molar-refractivity contribution in [3.8, 4) is 10.6 Å². The van der Waals surface area contributed by atoms with Gasteiger partial charge in [-0.2, -0.15) is 0 Å². The number of para-hydroxylation sites is 1. The molecule has 1 saturated heterocycles. The number of aromatic nitrogens is 1. The Hall–Kier alpha value is -3.20. The molecule has 3 amide bonds. The number of carbonyl (C=O) groups excluding carboxylic acids is 2. The molecular formula is C21H21FN4O3S. The normalized spacial score (nSPS) is 14.5. The van der Waals surface area contributed by atoms with Gasteiger partial charge in [-0.3, -0.25) is 0 Å². The second-order valence-electron chi connectivity index (χ2n) is 7.01. The zero-order chi connectivity index (χ0) is 21.1. The Morgan fingerprint density at radius 2 is 1.97 bits per heavy atom. The number of likely N-dealkylation sites (tertiary alicyclic amines) is 1. The lowest BCUT2D eigenvalue weighted by molar-refractivity contribution is 0.110. The molecular weight excluding hydrogens is 407 g/mol. The first-order valence-corrected chi connectivity index (χ1v) is 10.4. The standard InChI is InChI=1S/C21H21FN4O3S/c1-29-21(28)26-10-8-14(9-11-26)23-20(27)25-16-7-6-13(22)12-15(16)19-24-17-4-2-3-5-18(17)30-19/h2-7,12,14H,8-11H2,1H3,(H2,23,25,27). The highest BCUT2D eigenvalue weighted by atomic mass is 32.1.